The molecule has 1 aromatic carbocycles. The highest BCUT2D eigenvalue weighted by atomic mass is 35.5. The molecule has 100 valence electrons. The van der Waals surface area contributed by atoms with Crippen molar-refractivity contribution in [2.75, 3.05) is 18.5 Å². The predicted octanol–water partition coefficient (Wildman–Crippen LogP) is 3.68. The molecule has 1 aromatic rings. The molecule has 0 saturated heterocycles. The highest BCUT2D eigenvalue weighted by molar-refractivity contribution is 6.30. The fourth-order valence-electron chi connectivity index (χ4n) is 2.17. The van der Waals surface area contributed by atoms with Gasteiger partial charge in [-0.1, -0.05) is 31.5 Å². The molecule has 1 fully saturated rings. The lowest BCUT2D eigenvalue weighted by atomic mass is 10.1. The molecule has 2 nitrogen and oxygen atoms in total. The summed E-state index contributed by atoms with van der Waals surface area (Å²) < 4.78 is 0. The number of halogens is 1. The average molecular weight is 267 g/mol. The molecule has 18 heavy (non-hydrogen) atoms. The molecule has 0 amide bonds. The van der Waals surface area contributed by atoms with Gasteiger partial charge in [0.1, 0.15) is 0 Å². The second kappa shape index (κ2) is 5.94. The quantitative estimate of drug-likeness (QED) is 0.845. The minimum Gasteiger partial charge on any atom is -0.371 e. The molecule has 0 aliphatic heterocycles. The van der Waals surface area contributed by atoms with E-state index in [9.17, 15) is 0 Å². The number of hydrogen-bond donors (Lipinski definition) is 1. The van der Waals surface area contributed by atoms with Crippen LogP contribution in [0.3, 0.4) is 0 Å². The first-order chi connectivity index (χ1) is 8.58. The van der Waals surface area contributed by atoms with Crippen LogP contribution in [0.1, 0.15) is 32.3 Å². The van der Waals surface area contributed by atoms with E-state index in [2.05, 4.69) is 43.2 Å². The Morgan fingerprint density at radius 3 is 2.72 bits per heavy atom. The average Bonchev–Trinajstić information content (AvgIpc) is 3.13. The van der Waals surface area contributed by atoms with Gasteiger partial charge >= 0.3 is 0 Å². The van der Waals surface area contributed by atoms with Gasteiger partial charge in [-0.25, -0.2) is 0 Å². The number of benzene rings is 1. The van der Waals surface area contributed by atoms with Crippen molar-refractivity contribution in [3.63, 3.8) is 0 Å². The van der Waals surface area contributed by atoms with Crippen molar-refractivity contribution in [3.8, 4) is 0 Å². The van der Waals surface area contributed by atoms with Gasteiger partial charge in [0.2, 0.25) is 0 Å². The summed E-state index contributed by atoms with van der Waals surface area (Å²) in [7, 11) is 2.18. The van der Waals surface area contributed by atoms with E-state index < -0.39 is 0 Å². The van der Waals surface area contributed by atoms with E-state index in [-0.39, 0.29) is 0 Å². The van der Waals surface area contributed by atoms with E-state index in [0.29, 0.717) is 12.0 Å². The standard InChI is InChI=1S/C15H23ClN2/c1-11(2)9-17-10-12-4-5-13(16)8-15(12)18(3)14-6-7-14/h4-5,8,11,14,17H,6-7,9-10H2,1-3H3. The summed E-state index contributed by atoms with van der Waals surface area (Å²) in [6.07, 6.45) is 2.61. The van der Waals surface area contributed by atoms with Crippen LogP contribution in [0.4, 0.5) is 5.69 Å². The van der Waals surface area contributed by atoms with Crippen LogP contribution in [0.15, 0.2) is 18.2 Å². The minimum absolute atomic E-state index is 0.682. The van der Waals surface area contributed by atoms with Crippen molar-refractivity contribution in [1.29, 1.82) is 0 Å². The second-order valence-electron chi connectivity index (χ2n) is 5.64. The van der Waals surface area contributed by atoms with Crippen molar-refractivity contribution >= 4 is 17.3 Å². The Kier molecular flexibility index (Phi) is 4.52. The van der Waals surface area contributed by atoms with Gasteiger partial charge in [-0.2, -0.15) is 0 Å². The van der Waals surface area contributed by atoms with Crippen LogP contribution in [0.5, 0.6) is 0 Å². The van der Waals surface area contributed by atoms with Crippen molar-refractivity contribution in [2.45, 2.75) is 39.3 Å². The second-order valence-corrected chi connectivity index (χ2v) is 6.08. The van der Waals surface area contributed by atoms with E-state index in [0.717, 1.165) is 18.1 Å². The Bertz CT molecular complexity index is 399. The maximum Gasteiger partial charge on any atom is 0.0426 e. The van der Waals surface area contributed by atoms with Crippen molar-refractivity contribution in [1.82, 2.24) is 5.32 Å². The van der Waals surface area contributed by atoms with E-state index in [1.165, 1.54) is 24.1 Å². The Morgan fingerprint density at radius 2 is 2.11 bits per heavy atom. The molecule has 1 aliphatic rings. The molecule has 0 heterocycles. The fourth-order valence-corrected chi connectivity index (χ4v) is 2.34. The minimum atomic E-state index is 0.682. The zero-order chi connectivity index (χ0) is 13.1. The summed E-state index contributed by atoms with van der Waals surface area (Å²) in [6, 6.07) is 6.93. The summed E-state index contributed by atoms with van der Waals surface area (Å²) >= 11 is 6.12. The Morgan fingerprint density at radius 1 is 1.39 bits per heavy atom. The predicted molar refractivity (Wildman–Crippen MR) is 79.4 cm³/mol. The number of hydrogen-bond acceptors (Lipinski definition) is 2. The Hall–Kier alpha value is -0.730. The number of anilines is 1. The highest BCUT2D eigenvalue weighted by Crippen LogP contribution is 2.33. The summed E-state index contributed by atoms with van der Waals surface area (Å²) in [5, 5.41) is 4.33. The van der Waals surface area contributed by atoms with Gasteiger partial charge in [-0.3, -0.25) is 0 Å². The van der Waals surface area contributed by atoms with Gasteiger partial charge in [-0.05, 0) is 43.0 Å². The summed E-state index contributed by atoms with van der Waals surface area (Å²) in [4.78, 5) is 2.37. The lowest BCUT2D eigenvalue weighted by Crippen LogP contribution is -2.24. The largest absolute Gasteiger partial charge is 0.371 e. The zero-order valence-electron chi connectivity index (χ0n) is 11.5. The molecule has 1 N–H and O–H groups in total. The number of nitrogens with one attached hydrogen (secondary N) is 1. The van der Waals surface area contributed by atoms with Crippen LogP contribution >= 0.6 is 11.6 Å². The molecule has 0 atom stereocenters. The molecular weight excluding hydrogens is 244 g/mol. The maximum atomic E-state index is 6.12. The third kappa shape index (κ3) is 3.63. The molecule has 2 rings (SSSR count). The van der Waals surface area contributed by atoms with Crippen LogP contribution in [0.25, 0.3) is 0 Å². The highest BCUT2D eigenvalue weighted by Gasteiger charge is 2.27. The monoisotopic (exact) mass is 266 g/mol. The van der Waals surface area contributed by atoms with Crippen LogP contribution in [-0.2, 0) is 6.54 Å². The zero-order valence-corrected chi connectivity index (χ0v) is 12.3. The van der Waals surface area contributed by atoms with Crippen LogP contribution < -0.4 is 10.2 Å². The fraction of sp³-hybridized carbons (Fsp3) is 0.600. The molecular formula is C15H23ClN2. The third-order valence-corrected chi connectivity index (χ3v) is 3.63. The molecule has 1 aliphatic carbocycles. The van der Waals surface area contributed by atoms with Gasteiger partial charge in [0.15, 0.2) is 0 Å². The molecule has 0 bridgehead atoms. The van der Waals surface area contributed by atoms with E-state index >= 15 is 0 Å². The lowest BCUT2D eigenvalue weighted by Gasteiger charge is -2.23. The normalized spacial score (nSPS) is 15.2. The van der Waals surface area contributed by atoms with Gasteiger partial charge < -0.3 is 10.2 Å². The van der Waals surface area contributed by atoms with Crippen molar-refractivity contribution in [2.24, 2.45) is 5.92 Å². The topological polar surface area (TPSA) is 15.3 Å². The van der Waals surface area contributed by atoms with Crippen LogP contribution in [0.2, 0.25) is 5.02 Å². The van der Waals surface area contributed by atoms with Gasteiger partial charge in [0.25, 0.3) is 0 Å². The SMILES string of the molecule is CC(C)CNCc1ccc(Cl)cc1N(C)C1CC1. The Balaban J connectivity index is 2.07. The van der Waals surface area contributed by atoms with Crippen LogP contribution in [0, 0.1) is 5.92 Å². The van der Waals surface area contributed by atoms with Gasteiger partial charge in [0.05, 0.1) is 0 Å². The smallest absolute Gasteiger partial charge is 0.0426 e. The number of rotatable bonds is 6. The van der Waals surface area contributed by atoms with Gasteiger partial charge in [0, 0.05) is 30.3 Å². The summed E-state index contributed by atoms with van der Waals surface area (Å²) in [5.41, 5.74) is 2.62. The maximum absolute atomic E-state index is 6.12. The Labute approximate surface area is 115 Å². The van der Waals surface area contributed by atoms with Crippen molar-refractivity contribution in [3.05, 3.63) is 28.8 Å². The summed E-state index contributed by atoms with van der Waals surface area (Å²) in [6.45, 7) is 6.43. The van der Waals surface area contributed by atoms with E-state index in [1.807, 2.05) is 6.07 Å². The molecule has 0 radical (unpaired) electrons. The first-order valence-electron chi connectivity index (χ1n) is 6.80. The van der Waals surface area contributed by atoms with Crippen molar-refractivity contribution < 1.29 is 0 Å². The third-order valence-electron chi connectivity index (χ3n) is 3.39. The van der Waals surface area contributed by atoms with Gasteiger partial charge in [-0.15, -0.1) is 0 Å². The van der Waals surface area contributed by atoms with Crippen LogP contribution in [-0.4, -0.2) is 19.6 Å². The first kappa shape index (κ1) is 13.7. The lowest BCUT2D eigenvalue weighted by molar-refractivity contribution is 0.552. The van der Waals surface area contributed by atoms with E-state index in [4.69, 9.17) is 11.6 Å². The molecule has 0 spiro atoms. The molecule has 1 saturated carbocycles. The molecule has 0 unspecified atom stereocenters. The first-order valence-corrected chi connectivity index (χ1v) is 7.17. The molecule has 0 aromatic heterocycles. The molecule has 3 heteroatoms. The number of nitrogens with zero attached hydrogens (tertiary/aromatic N) is 1. The summed E-state index contributed by atoms with van der Waals surface area (Å²) in [5.74, 6) is 0.682. The van der Waals surface area contributed by atoms with E-state index in [1.54, 1.807) is 0 Å².